The Morgan fingerprint density at radius 3 is 2.40 bits per heavy atom. The van der Waals surface area contributed by atoms with Crippen molar-refractivity contribution in [1.82, 2.24) is 0 Å². The van der Waals surface area contributed by atoms with Crippen molar-refractivity contribution in [2.45, 2.75) is 4.52 Å². The summed E-state index contributed by atoms with van der Waals surface area (Å²) in [4.78, 5) is 10.5. The van der Waals surface area contributed by atoms with Crippen LogP contribution in [0.4, 0.5) is 0 Å². The summed E-state index contributed by atoms with van der Waals surface area (Å²) in [6.45, 7) is 0. The van der Waals surface area contributed by atoms with Gasteiger partial charge in [-0.05, 0) is 0 Å². The first kappa shape index (κ1) is 10.8. The Hall–Kier alpha value is 0.820. The summed E-state index contributed by atoms with van der Waals surface area (Å²) in [6.07, 6.45) is 0. The first-order valence-electron chi connectivity index (χ1n) is 2.23. The second-order valence-electron chi connectivity index (χ2n) is 1.38. The highest BCUT2D eigenvalue weighted by Crippen LogP contribution is 2.24. The second kappa shape index (κ2) is 4.65. The number of carbonyl (C=O) groups excluding carboxylic acids is 1. The minimum Gasteiger partial charge on any atom is -0.427 e. The van der Waals surface area contributed by atoms with Crippen molar-refractivity contribution >= 4 is 56.7 Å². The van der Waals surface area contributed by atoms with E-state index in [0.717, 1.165) is 0 Å². The smallest absolute Gasteiger partial charge is 0.319 e. The van der Waals surface area contributed by atoms with E-state index in [4.69, 9.17) is 34.8 Å². The fourth-order valence-corrected chi connectivity index (χ4v) is 0.562. The first-order valence-corrected chi connectivity index (χ1v) is 4.64. The summed E-state index contributed by atoms with van der Waals surface area (Å²) in [5.74, 6) is -0.708. The van der Waals surface area contributed by atoms with Crippen LogP contribution in [0.1, 0.15) is 0 Å². The molecule has 0 saturated heterocycles. The topological polar surface area (TPSA) is 26.3 Å². The standard InChI is InChI=1S/C4H4BrCl3O2/c5-1-3(9)10-4(7,8)2-6/h1-2H2. The Morgan fingerprint density at radius 2 is 2.10 bits per heavy atom. The Morgan fingerprint density at radius 1 is 1.60 bits per heavy atom. The highest BCUT2D eigenvalue weighted by atomic mass is 79.9. The van der Waals surface area contributed by atoms with Gasteiger partial charge in [-0.15, -0.1) is 11.6 Å². The van der Waals surface area contributed by atoms with E-state index in [9.17, 15) is 4.79 Å². The molecule has 0 aromatic rings. The lowest BCUT2D eigenvalue weighted by atomic mass is 10.7. The molecule has 0 amide bonds. The van der Waals surface area contributed by atoms with Crippen LogP contribution < -0.4 is 0 Å². The Kier molecular flexibility index (Phi) is 5.03. The number of ether oxygens (including phenoxy) is 1. The average molecular weight is 270 g/mol. The van der Waals surface area contributed by atoms with E-state index >= 15 is 0 Å². The summed E-state index contributed by atoms with van der Waals surface area (Å²) in [5.41, 5.74) is 0. The number of rotatable bonds is 3. The quantitative estimate of drug-likeness (QED) is 0.581. The Labute approximate surface area is 81.9 Å². The van der Waals surface area contributed by atoms with Gasteiger partial charge in [0.25, 0.3) is 4.52 Å². The van der Waals surface area contributed by atoms with Gasteiger partial charge in [0, 0.05) is 0 Å². The maximum absolute atomic E-state index is 10.5. The van der Waals surface area contributed by atoms with Gasteiger partial charge >= 0.3 is 5.97 Å². The third kappa shape index (κ3) is 4.61. The maximum atomic E-state index is 10.5. The van der Waals surface area contributed by atoms with Crippen LogP contribution in [0.15, 0.2) is 0 Å². The molecule has 0 aromatic carbocycles. The molecule has 60 valence electrons. The summed E-state index contributed by atoms with van der Waals surface area (Å²) in [6, 6.07) is 0. The third-order valence-electron chi connectivity index (χ3n) is 0.528. The summed E-state index contributed by atoms with van der Waals surface area (Å²) >= 11 is 18.8. The van der Waals surface area contributed by atoms with Crippen molar-refractivity contribution in [3.63, 3.8) is 0 Å². The van der Waals surface area contributed by atoms with Crippen molar-refractivity contribution in [1.29, 1.82) is 0 Å². The van der Waals surface area contributed by atoms with Crippen LogP contribution >= 0.6 is 50.7 Å². The van der Waals surface area contributed by atoms with Gasteiger partial charge in [-0.25, -0.2) is 0 Å². The maximum Gasteiger partial charge on any atom is 0.319 e. The zero-order chi connectivity index (χ0) is 8.20. The van der Waals surface area contributed by atoms with Gasteiger partial charge in [0.15, 0.2) is 0 Å². The molecule has 0 N–H and O–H groups in total. The number of alkyl halides is 4. The molecule has 0 aliphatic carbocycles. The second-order valence-corrected chi connectivity index (χ2v) is 3.62. The molecule has 0 rings (SSSR count). The van der Waals surface area contributed by atoms with Crippen LogP contribution in [0.5, 0.6) is 0 Å². The normalized spacial score (nSPS) is 11.2. The zero-order valence-electron chi connectivity index (χ0n) is 4.74. The number of halogens is 4. The van der Waals surface area contributed by atoms with Gasteiger partial charge in [0.2, 0.25) is 0 Å². The van der Waals surface area contributed by atoms with Gasteiger partial charge in [0.1, 0.15) is 5.33 Å². The van der Waals surface area contributed by atoms with Crippen molar-refractivity contribution in [3.8, 4) is 0 Å². The van der Waals surface area contributed by atoms with Gasteiger partial charge in [-0.3, -0.25) is 4.79 Å². The third-order valence-corrected chi connectivity index (χ3v) is 2.06. The summed E-state index contributed by atoms with van der Waals surface area (Å²) in [5, 5.41) is 0.0467. The van der Waals surface area contributed by atoms with E-state index in [1.54, 1.807) is 0 Å². The molecule has 0 aromatic heterocycles. The molecule has 0 heterocycles. The molecule has 0 atom stereocenters. The highest BCUT2D eigenvalue weighted by molar-refractivity contribution is 9.09. The molecule has 0 radical (unpaired) electrons. The van der Waals surface area contributed by atoms with E-state index in [1.807, 2.05) is 0 Å². The Balaban J connectivity index is 3.76. The van der Waals surface area contributed by atoms with E-state index in [1.165, 1.54) is 0 Å². The zero-order valence-corrected chi connectivity index (χ0v) is 8.60. The fraction of sp³-hybridized carbons (Fsp3) is 0.750. The minimum atomic E-state index is -1.60. The summed E-state index contributed by atoms with van der Waals surface area (Å²) < 4.78 is 2.84. The monoisotopic (exact) mass is 268 g/mol. The lowest BCUT2D eigenvalue weighted by Gasteiger charge is -2.15. The van der Waals surface area contributed by atoms with E-state index in [0.29, 0.717) is 0 Å². The fourth-order valence-electron chi connectivity index (χ4n) is 0.221. The molecule has 0 bridgehead atoms. The van der Waals surface area contributed by atoms with Gasteiger partial charge in [-0.2, -0.15) is 0 Å². The van der Waals surface area contributed by atoms with Crippen LogP contribution in [-0.2, 0) is 9.53 Å². The molecular formula is C4H4BrCl3O2. The molecule has 0 spiro atoms. The van der Waals surface area contributed by atoms with Gasteiger partial charge in [0.05, 0.1) is 5.88 Å². The van der Waals surface area contributed by atoms with Crippen molar-refractivity contribution in [2.75, 3.05) is 11.2 Å². The molecule has 2 nitrogen and oxygen atoms in total. The predicted molar refractivity (Wildman–Crippen MR) is 45.0 cm³/mol. The molecule has 0 saturated carbocycles. The number of hydrogen-bond donors (Lipinski definition) is 0. The molecule has 0 aliphatic heterocycles. The minimum absolute atomic E-state index is 0.0467. The van der Waals surface area contributed by atoms with Gasteiger partial charge in [-0.1, -0.05) is 39.1 Å². The van der Waals surface area contributed by atoms with Crippen molar-refractivity contribution in [3.05, 3.63) is 0 Å². The Bertz CT molecular complexity index is 128. The molecule has 6 heteroatoms. The van der Waals surface area contributed by atoms with Crippen LogP contribution in [-0.4, -0.2) is 21.7 Å². The number of esters is 1. The van der Waals surface area contributed by atoms with Crippen LogP contribution in [0.3, 0.4) is 0 Å². The first-order chi connectivity index (χ1) is 4.52. The lowest BCUT2D eigenvalue weighted by molar-refractivity contribution is -0.143. The molecule has 0 aliphatic rings. The molecular weight excluding hydrogens is 266 g/mol. The number of carbonyl (C=O) groups is 1. The predicted octanol–water partition coefficient (Wildman–Crippen LogP) is 2.29. The van der Waals surface area contributed by atoms with E-state index in [-0.39, 0.29) is 11.2 Å². The lowest BCUT2D eigenvalue weighted by Crippen LogP contribution is -2.24. The highest BCUT2D eigenvalue weighted by Gasteiger charge is 2.26. The van der Waals surface area contributed by atoms with E-state index in [2.05, 4.69) is 20.7 Å². The number of hydrogen-bond acceptors (Lipinski definition) is 2. The van der Waals surface area contributed by atoms with Gasteiger partial charge < -0.3 is 4.74 Å². The molecule has 10 heavy (non-hydrogen) atoms. The van der Waals surface area contributed by atoms with Crippen LogP contribution in [0.2, 0.25) is 0 Å². The van der Waals surface area contributed by atoms with Crippen molar-refractivity contribution < 1.29 is 9.53 Å². The largest absolute Gasteiger partial charge is 0.427 e. The van der Waals surface area contributed by atoms with Crippen molar-refractivity contribution in [2.24, 2.45) is 0 Å². The van der Waals surface area contributed by atoms with Crippen LogP contribution in [0, 0.1) is 0 Å². The average Bonchev–Trinajstić information content (AvgIpc) is 1.87. The van der Waals surface area contributed by atoms with Crippen LogP contribution in [0.25, 0.3) is 0 Å². The molecule has 0 fully saturated rings. The van der Waals surface area contributed by atoms with E-state index < -0.39 is 10.5 Å². The summed E-state index contributed by atoms with van der Waals surface area (Å²) in [7, 11) is 0. The molecule has 0 unspecified atom stereocenters. The SMILES string of the molecule is O=C(CBr)OC(Cl)(Cl)CCl.